The second-order valence-electron chi connectivity index (χ2n) is 5.39. The molecule has 1 aliphatic carbocycles. The third-order valence-corrected chi connectivity index (χ3v) is 4.04. The molecule has 2 N–H and O–H groups in total. The molecule has 2 aliphatic rings. The zero-order valence-electron chi connectivity index (χ0n) is 12.5. The Labute approximate surface area is 134 Å². The first-order valence-corrected chi connectivity index (χ1v) is 7.37. The Morgan fingerprint density at radius 3 is 2.74 bits per heavy atom. The second kappa shape index (κ2) is 6.01. The van der Waals surface area contributed by atoms with Crippen LogP contribution in [0.2, 0.25) is 0 Å². The van der Waals surface area contributed by atoms with Gasteiger partial charge in [-0.1, -0.05) is 18.7 Å². The molecule has 1 aromatic rings. The van der Waals surface area contributed by atoms with Gasteiger partial charge in [-0.3, -0.25) is 4.79 Å². The van der Waals surface area contributed by atoms with Crippen LogP contribution in [0.15, 0.2) is 59.9 Å². The molecule has 3 rings (SSSR count). The number of ketones is 1. The van der Waals surface area contributed by atoms with Crippen LogP contribution in [0.4, 0.5) is 0 Å². The van der Waals surface area contributed by atoms with Gasteiger partial charge in [0.05, 0.1) is 12.2 Å². The molecule has 0 aromatic heterocycles. The van der Waals surface area contributed by atoms with E-state index in [0.717, 1.165) is 12.0 Å². The Balaban J connectivity index is 2.09. The van der Waals surface area contributed by atoms with Gasteiger partial charge in [0.2, 0.25) is 5.88 Å². The van der Waals surface area contributed by atoms with Crippen molar-refractivity contribution in [3.63, 3.8) is 0 Å². The number of ether oxygens (including phenoxy) is 2. The number of rotatable bonds is 3. The van der Waals surface area contributed by atoms with E-state index in [2.05, 4.69) is 12.6 Å². The van der Waals surface area contributed by atoms with E-state index in [0.29, 0.717) is 29.9 Å². The average Bonchev–Trinajstić information content (AvgIpc) is 2.55. The van der Waals surface area contributed by atoms with Crippen LogP contribution in [-0.2, 0) is 9.53 Å². The molecule has 1 aliphatic heterocycles. The zero-order valence-corrected chi connectivity index (χ0v) is 12.5. The first kappa shape index (κ1) is 14.9. The van der Waals surface area contributed by atoms with Crippen molar-refractivity contribution in [2.75, 3.05) is 0 Å². The summed E-state index contributed by atoms with van der Waals surface area (Å²) in [5, 5.41) is 9.47. The summed E-state index contributed by atoms with van der Waals surface area (Å²) < 4.78 is 10.7. The monoisotopic (exact) mass is 308 g/mol. The second-order valence-corrected chi connectivity index (χ2v) is 5.39. The SMILES string of the molecule is C=COc1ccc([C@H]2C(C#N)=C(N)OC3=C2C(=O)CCC3)cc1. The molecule has 0 fully saturated rings. The van der Waals surface area contributed by atoms with Gasteiger partial charge in [-0.05, 0) is 24.1 Å². The van der Waals surface area contributed by atoms with E-state index in [1.807, 2.05) is 12.1 Å². The third kappa shape index (κ3) is 2.59. The van der Waals surface area contributed by atoms with Crippen molar-refractivity contribution in [2.45, 2.75) is 25.2 Å². The minimum absolute atomic E-state index is 0.0166. The van der Waals surface area contributed by atoms with E-state index in [4.69, 9.17) is 15.2 Å². The summed E-state index contributed by atoms with van der Waals surface area (Å²) in [6.07, 6.45) is 3.21. The maximum atomic E-state index is 12.4. The Morgan fingerprint density at radius 2 is 2.09 bits per heavy atom. The van der Waals surface area contributed by atoms with Crippen LogP contribution in [-0.4, -0.2) is 5.78 Å². The van der Waals surface area contributed by atoms with Crippen molar-refractivity contribution in [3.05, 3.63) is 65.5 Å². The quantitative estimate of drug-likeness (QED) is 0.867. The number of nitrogens with two attached hydrogens (primary N) is 1. The summed E-state index contributed by atoms with van der Waals surface area (Å²) >= 11 is 0. The molecule has 5 nitrogen and oxygen atoms in total. The maximum Gasteiger partial charge on any atom is 0.205 e. The van der Waals surface area contributed by atoms with Crippen molar-refractivity contribution in [1.29, 1.82) is 5.26 Å². The highest BCUT2D eigenvalue weighted by Crippen LogP contribution is 2.43. The van der Waals surface area contributed by atoms with Gasteiger partial charge >= 0.3 is 0 Å². The Hall–Kier alpha value is -3.00. The largest absolute Gasteiger partial charge is 0.466 e. The van der Waals surface area contributed by atoms with E-state index in [-0.39, 0.29) is 17.2 Å². The molecule has 1 atom stereocenters. The fraction of sp³-hybridized carbons (Fsp3) is 0.222. The molecule has 1 heterocycles. The average molecular weight is 308 g/mol. The number of benzene rings is 1. The summed E-state index contributed by atoms with van der Waals surface area (Å²) in [6.45, 7) is 3.51. The highest BCUT2D eigenvalue weighted by atomic mass is 16.5. The number of hydrogen-bond acceptors (Lipinski definition) is 5. The first-order valence-electron chi connectivity index (χ1n) is 7.37. The summed E-state index contributed by atoms with van der Waals surface area (Å²) in [6, 6.07) is 9.28. The Morgan fingerprint density at radius 1 is 1.35 bits per heavy atom. The van der Waals surface area contributed by atoms with Crippen LogP contribution in [0, 0.1) is 11.3 Å². The summed E-state index contributed by atoms with van der Waals surface area (Å²) in [4.78, 5) is 12.4. The molecule has 0 spiro atoms. The van der Waals surface area contributed by atoms with Crippen LogP contribution >= 0.6 is 0 Å². The standard InChI is InChI=1S/C18H16N2O3/c1-2-22-12-8-6-11(7-9-12)16-13(10-19)18(20)23-15-5-3-4-14(21)17(15)16/h2,6-9,16H,1,3-5,20H2/t16-/m0/s1. The number of allylic oxidation sites excluding steroid dienone is 3. The smallest absolute Gasteiger partial charge is 0.205 e. The molecule has 0 amide bonds. The zero-order chi connectivity index (χ0) is 16.4. The van der Waals surface area contributed by atoms with E-state index in [9.17, 15) is 10.1 Å². The molecule has 116 valence electrons. The maximum absolute atomic E-state index is 12.4. The summed E-state index contributed by atoms with van der Waals surface area (Å²) in [5.74, 6) is 0.847. The van der Waals surface area contributed by atoms with Gasteiger partial charge < -0.3 is 15.2 Å². The summed E-state index contributed by atoms with van der Waals surface area (Å²) in [5.41, 5.74) is 7.54. The fourth-order valence-electron chi connectivity index (χ4n) is 3.02. The van der Waals surface area contributed by atoms with Crippen molar-refractivity contribution in [1.82, 2.24) is 0 Å². The van der Waals surface area contributed by atoms with Gasteiger partial charge in [0.15, 0.2) is 5.78 Å². The van der Waals surface area contributed by atoms with Gasteiger partial charge in [0, 0.05) is 18.4 Å². The molecular formula is C18H16N2O3. The molecule has 0 bridgehead atoms. The molecule has 0 saturated heterocycles. The van der Waals surface area contributed by atoms with Crippen LogP contribution in [0.1, 0.15) is 30.7 Å². The van der Waals surface area contributed by atoms with Crippen LogP contribution < -0.4 is 10.5 Å². The predicted molar refractivity (Wildman–Crippen MR) is 83.8 cm³/mol. The van der Waals surface area contributed by atoms with E-state index in [1.54, 1.807) is 12.1 Å². The Bertz CT molecular complexity index is 766. The van der Waals surface area contributed by atoms with Gasteiger partial charge in [0.25, 0.3) is 0 Å². The van der Waals surface area contributed by atoms with E-state index in [1.165, 1.54) is 6.26 Å². The molecule has 0 radical (unpaired) electrons. The van der Waals surface area contributed by atoms with E-state index >= 15 is 0 Å². The van der Waals surface area contributed by atoms with Crippen LogP contribution in [0.3, 0.4) is 0 Å². The lowest BCUT2D eigenvalue weighted by atomic mass is 9.77. The van der Waals surface area contributed by atoms with Gasteiger partial charge in [0.1, 0.15) is 23.2 Å². The highest BCUT2D eigenvalue weighted by molar-refractivity contribution is 5.99. The molecule has 0 saturated carbocycles. The lowest BCUT2D eigenvalue weighted by molar-refractivity contribution is -0.116. The normalized spacial score (nSPS) is 20.5. The summed E-state index contributed by atoms with van der Waals surface area (Å²) in [7, 11) is 0. The molecule has 23 heavy (non-hydrogen) atoms. The topological polar surface area (TPSA) is 85.3 Å². The number of hydrogen-bond donors (Lipinski definition) is 1. The van der Waals surface area contributed by atoms with Crippen molar-refractivity contribution in [2.24, 2.45) is 5.73 Å². The fourth-order valence-corrected chi connectivity index (χ4v) is 3.02. The highest BCUT2D eigenvalue weighted by Gasteiger charge is 2.37. The number of Topliss-reactive ketones (excluding diaryl/α,β-unsaturated/α-hetero) is 1. The minimum atomic E-state index is -0.477. The molecule has 5 heteroatoms. The molecular weight excluding hydrogens is 292 g/mol. The van der Waals surface area contributed by atoms with Crippen molar-refractivity contribution >= 4 is 5.78 Å². The predicted octanol–water partition coefficient (Wildman–Crippen LogP) is 3.02. The number of carbonyl (C=O) groups is 1. The minimum Gasteiger partial charge on any atom is -0.466 e. The van der Waals surface area contributed by atoms with Crippen molar-refractivity contribution in [3.8, 4) is 11.8 Å². The number of carbonyl (C=O) groups excluding carboxylic acids is 1. The molecule has 0 unspecified atom stereocenters. The van der Waals surface area contributed by atoms with Gasteiger partial charge in [-0.25, -0.2) is 0 Å². The van der Waals surface area contributed by atoms with Gasteiger partial charge in [-0.2, -0.15) is 5.26 Å². The van der Waals surface area contributed by atoms with Crippen molar-refractivity contribution < 1.29 is 14.3 Å². The van der Waals surface area contributed by atoms with Gasteiger partial charge in [-0.15, -0.1) is 0 Å². The lowest BCUT2D eigenvalue weighted by Crippen LogP contribution is -2.27. The lowest BCUT2D eigenvalue weighted by Gasteiger charge is -2.31. The number of nitriles is 1. The third-order valence-electron chi connectivity index (χ3n) is 4.04. The van der Waals surface area contributed by atoms with Crippen LogP contribution in [0.5, 0.6) is 5.75 Å². The van der Waals surface area contributed by atoms with Crippen LogP contribution in [0.25, 0.3) is 0 Å². The molecule has 1 aromatic carbocycles. The number of nitrogens with zero attached hydrogens (tertiary/aromatic N) is 1. The van der Waals surface area contributed by atoms with E-state index < -0.39 is 5.92 Å². The first-order chi connectivity index (χ1) is 11.2. The Kier molecular flexibility index (Phi) is 3.90.